The molecule has 0 radical (unpaired) electrons. The first-order valence-corrected chi connectivity index (χ1v) is 6.74. The predicted octanol–water partition coefficient (Wildman–Crippen LogP) is 2.84. The highest BCUT2D eigenvalue weighted by atomic mass is 79.9. The summed E-state index contributed by atoms with van der Waals surface area (Å²) in [7, 11) is 0. The van der Waals surface area contributed by atoms with Gasteiger partial charge in [-0.1, -0.05) is 6.07 Å². The lowest BCUT2D eigenvalue weighted by Gasteiger charge is -2.12. The molecule has 1 amide bonds. The minimum absolute atomic E-state index is 0.0794. The van der Waals surface area contributed by atoms with E-state index in [0.29, 0.717) is 12.5 Å². The van der Waals surface area contributed by atoms with Crippen molar-refractivity contribution in [3.8, 4) is 0 Å². The van der Waals surface area contributed by atoms with Crippen LogP contribution in [0, 0.1) is 6.92 Å². The topological polar surface area (TPSA) is 41.1 Å². The number of amides is 1. The summed E-state index contributed by atoms with van der Waals surface area (Å²) >= 11 is 3.44. The standard InChI is InChI=1S/C13H17BrN2O/c1-9-4-5-11(14)12(7-9)16-13(17)8-10-3-2-6-15-10/h4-5,7,10,15H,2-3,6,8H2,1H3,(H,16,17). The molecule has 0 aromatic heterocycles. The zero-order valence-corrected chi connectivity index (χ0v) is 11.5. The highest BCUT2D eigenvalue weighted by molar-refractivity contribution is 9.10. The van der Waals surface area contributed by atoms with Gasteiger partial charge in [0.15, 0.2) is 0 Å². The molecule has 1 fully saturated rings. The molecule has 1 aliphatic rings. The quantitative estimate of drug-likeness (QED) is 0.900. The fourth-order valence-corrected chi connectivity index (χ4v) is 2.44. The second-order valence-corrected chi connectivity index (χ2v) is 5.38. The van der Waals surface area contributed by atoms with Crippen LogP contribution in [0.3, 0.4) is 0 Å². The molecule has 1 unspecified atom stereocenters. The molecule has 1 saturated heterocycles. The number of carbonyl (C=O) groups is 1. The maximum atomic E-state index is 11.9. The minimum atomic E-state index is 0.0794. The highest BCUT2D eigenvalue weighted by Crippen LogP contribution is 2.23. The summed E-state index contributed by atoms with van der Waals surface area (Å²) < 4.78 is 0.927. The number of rotatable bonds is 3. The van der Waals surface area contributed by atoms with Crippen molar-refractivity contribution < 1.29 is 4.79 Å². The van der Waals surface area contributed by atoms with Gasteiger partial charge < -0.3 is 10.6 Å². The number of benzene rings is 1. The maximum Gasteiger partial charge on any atom is 0.225 e. The second-order valence-electron chi connectivity index (χ2n) is 4.53. The van der Waals surface area contributed by atoms with Crippen LogP contribution in [-0.2, 0) is 4.79 Å². The smallest absolute Gasteiger partial charge is 0.225 e. The third-order valence-electron chi connectivity index (χ3n) is 2.99. The number of hydrogen-bond donors (Lipinski definition) is 2. The Hall–Kier alpha value is -0.870. The molecule has 1 aliphatic heterocycles. The molecule has 2 rings (SSSR count). The third-order valence-corrected chi connectivity index (χ3v) is 3.68. The van der Waals surface area contributed by atoms with Crippen LogP contribution in [0.2, 0.25) is 0 Å². The fourth-order valence-electron chi connectivity index (χ4n) is 2.09. The summed E-state index contributed by atoms with van der Waals surface area (Å²) in [6, 6.07) is 6.29. The van der Waals surface area contributed by atoms with Crippen LogP contribution in [0.25, 0.3) is 0 Å². The van der Waals surface area contributed by atoms with Gasteiger partial charge in [-0.3, -0.25) is 4.79 Å². The number of halogens is 1. The number of hydrogen-bond acceptors (Lipinski definition) is 2. The van der Waals surface area contributed by atoms with Gasteiger partial charge in [-0.05, 0) is 59.9 Å². The average molecular weight is 297 g/mol. The first-order chi connectivity index (χ1) is 8.15. The number of carbonyl (C=O) groups excluding carboxylic acids is 1. The largest absolute Gasteiger partial charge is 0.325 e. The van der Waals surface area contributed by atoms with E-state index >= 15 is 0 Å². The molecular weight excluding hydrogens is 280 g/mol. The van der Waals surface area contributed by atoms with E-state index in [1.165, 1.54) is 6.42 Å². The summed E-state index contributed by atoms with van der Waals surface area (Å²) in [5, 5.41) is 6.28. The van der Waals surface area contributed by atoms with Crippen molar-refractivity contribution in [3.63, 3.8) is 0 Å². The lowest BCUT2D eigenvalue weighted by Crippen LogP contribution is -2.27. The van der Waals surface area contributed by atoms with Gasteiger partial charge in [0.2, 0.25) is 5.91 Å². The molecule has 0 aliphatic carbocycles. The van der Waals surface area contributed by atoms with Crippen molar-refractivity contribution in [3.05, 3.63) is 28.2 Å². The van der Waals surface area contributed by atoms with Crippen LogP contribution in [-0.4, -0.2) is 18.5 Å². The lowest BCUT2D eigenvalue weighted by atomic mass is 10.1. The number of aryl methyl sites for hydroxylation is 1. The summed E-state index contributed by atoms with van der Waals surface area (Å²) in [5.74, 6) is 0.0794. The predicted molar refractivity (Wildman–Crippen MR) is 73.2 cm³/mol. The Labute approximate surface area is 110 Å². The molecule has 4 heteroatoms. The van der Waals surface area contributed by atoms with Gasteiger partial charge in [0, 0.05) is 16.9 Å². The Kier molecular flexibility index (Phi) is 4.18. The van der Waals surface area contributed by atoms with Crippen LogP contribution in [0.4, 0.5) is 5.69 Å². The number of nitrogens with one attached hydrogen (secondary N) is 2. The maximum absolute atomic E-state index is 11.9. The summed E-state index contributed by atoms with van der Waals surface area (Å²) in [6.07, 6.45) is 2.83. The molecule has 1 atom stereocenters. The Balaban J connectivity index is 1.95. The van der Waals surface area contributed by atoms with E-state index in [-0.39, 0.29) is 5.91 Å². The lowest BCUT2D eigenvalue weighted by molar-refractivity contribution is -0.116. The van der Waals surface area contributed by atoms with Gasteiger partial charge in [0.05, 0.1) is 5.69 Å². The van der Waals surface area contributed by atoms with Gasteiger partial charge in [0.1, 0.15) is 0 Å². The molecule has 92 valence electrons. The molecule has 1 aromatic rings. The molecule has 0 spiro atoms. The molecule has 0 saturated carbocycles. The van der Waals surface area contributed by atoms with E-state index in [4.69, 9.17) is 0 Å². The monoisotopic (exact) mass is 296 g/mol. The fraction of sp³-hybridized carbons (Fsp3) is 0.462. The highest BCUT2D eigenvalue weighted by Gasteiger charge is 2.17. The zero-order chi connectivity index (χ0) is 12.3. The Bertz CT molecular complexity index is 414. The molecule has 1 aromatic carbocycles. The van der Waals surface area contributed by atoms with E-state index in [2.05, 4.69) is 26.6 Å². The molecule has 17 heavy (non-hydrogen) atoms. The summed E-state index contributed by atoms with van der Waals surface area (Å²) in [5.41, 5.74) is 2.00. The SMILES string of the molecule is Cc1ccc(Br)c(NC(=O)CC2CCCN2)c1. The van der Waals surface area contributed by atoms with Crippen LogP contribution in [0.5, 0.6) is 0 Å². The second kappa shape index (κ2) is 5.65. The summed E-state index contributed by atoms with van der Waals surface area (Å²) in [6.45, 7) is 3.05. The molecule has 0 bridgehead atoms. The van der Waals surface area contributed by atoms with Gasteiger partial charge >= 0.3 is 0 Å². The van der Waals surface area contributed by atoms with Gasteiger partial charge in [-0.2, -0.15) is 0 Å². The Morgan fingerprint density at radius 2 is 2.41 bits per heavy atom. The van der Waals surface area contributed by atoms with Crippen LogP contribution < -0.4 is 10.6 Å². The van der Waals surface area contributed by atoms with Gasteiger partial charge in [0.25, 0.3) is 0 Å². The van der Waals surface area contributed by atoms with Gasteiger partial charge in [-0.15, -0.1) is 0 Å². The molecule has 3 nitrogen and oxygen atoms in total. The first kappa shape index (κ1) is 12.6. The van der Waals surface area contributed by atoms with Crippen molar-refractivity contribution in [2.24, 2.45) is 0 Å². The Morgan fingerprint density at radius 3 is 3.12 bits per heavy atom. The number of anilines is 1. The zero-order valence-electron chi connectivity index (χ0n) is 9.92. The minimum Gasteiger partial charge on any atom is -0.325 e. The third kappa shape index (κ3) is 3.54. The first-order valence-electron chi connectivity index (χ1n) is 5.94. The van der Waals surface area contributed by atoms with Crippen molar-refractivity contribution in [1.82, 2.24) is 5.32 Å². The average Bonchev–Trinajstić information content (AvgIpc) is 2.76. The van der Waals surface area contributed by atoms with E-state index in [0.717, 1.165) is 28.7 Å². The summed E-state index contributed by atoms with van der Waals surface area (Å²) in [4.78, 5) is 11.9. The van der Waals surface area contributed by atoms with Crippen molar-refractivity contribution in [2.75, 3.05) is 11.9 Å². The van der Waals surface area contributed by atoms with Crippen LogP contribution in [0.1, 0.15) is 24.8 Å². The normalized spacial score (nSPS) is 19.3. The molecular formula is C13H17BrN2O. The van der Waals surface area contributed by atoms with Crippen LogP contribution in [0.15, 0.2) is 22.7 Å². The van der Waals surface area contributed by atoms with Crippen LogP contribution >= 0.6 is 15.9 Å². The van der Waals surface area contributed by atoms with E-state index in [1.54, 1.807) is 0 Å². The molecule has 2 N–H and O–H groups in total. The molecule has 1 heterocycles. The van der Waals surface area contributed by atoms with E-state index in [9.17, 15) is 4.79 Å². The van der Waals surface area contributed by atoms with Crippen molar-refractivity contribution in [2.45, 2.75) is 32.2 Å². The Morgan fingerprint density at radius 1 is 1.59 bits per heavy atom. The van der Waals surface area contributed by atoms with E-state index in [1.807, 2.05) is 25.1 Å². The van der Waals surface area contributed by atoms with Crippen molar-refractivity contribution >= 4 is 27.5 Å². The van der Waals surface area contributed by atoms with E-state index < -0.39 is 0 Å². The van der Waals surface area contributed by atoms with Crippen molar-refractivity contribution in [1.29, 1.82) is 0 Å². The van der Waals surface area contributed by atoms with Gasteiger partial charge in [-0.25, -0.2) is 0 Å².